The molecular formula is C26H37ClFNO. The molecule has 0 aliphatic carbocycles. The average molecular weight is 434 g/mol. The highest BCUT2D eigenvalue weighted by atomic mass is 35.5. The Bertz CT molecular complexity index is 754. The van der Waals surface area contributed by atoms with Crippen LogP contribution in [0, 0.1) is 11.7 Å². The predicted molar refractivity (Wildman–Crippen MR) is 126 cm³/mol. The molecule has 30 heavy (non-hydrogen) atoms. The van der Waals surface area contributed by atoms with Gasteiger partial charge in [-0.25, -0.2) is 4.39 Å². The fourth-order valence-electron chi connectivity index (χ4n) is 4.26. The van der Waals surface area contributed by atoms with E-state index in [1.165, 1.54) is 24.0 Å². The summed E-state index contributed by atoms with van der Waals surface area (Å²) in [6, 6.07) is 15.6. The number of ether oxygens (including phenoxy) is 1. The van der Waals surface area contributed by atoms with Crippen LogP contribution in [0.5, 0.6) is 5.75 Å². The van der Waals surface area contributed by atoms with Gasteiger partial charge in [-0.05, 0) is 72.7 Å². The van der Waals surface area contributed by atoms with E-state index >= 15 is 0 Å². The highest BCUT2D eigenvalue weighted by molar-refractivity contribution is 5.85. The maximum atomic E-state index is 13.4. The lowest BCUT2D eigenvalue weighted by Crippen LogP contribution is -2.42. The molecule has 1 aliphatic rings. The fraction of sp³-hybridized carbons (Fsp3) is 0.538. The topological polar surface area (TPSA) is 12.5 Å². The van der Waals surface area contributed by atoms with Crippen molar-refractivity contribution in [1.29, 1.82) is 0 Å². The van der Waals surface area contributed by atoms with E-state index in [0.29, 0.717) is 18.4 Å². The largest absolute Gasteiger partial charge is 0.493 e. The minimum atomic E-state index is -0.166. The van der Waals surface area contributed by atoms with Crippen LogP contribution in [0.3, 0.4) is 0 Å². The maximum absolute atomic E-state index is 13.4. The van der Waals surface area contributed by atoms with Crippen molar-refractivity contribution in [3.05, 3.63) is 65.5 Å². The number of piperidine rings is 1. The van der Waals surface area contributed by atoms with Gasteiger partial charge >= 0.3 is 0 Å². The Morgan fingerprint density at radius 1 is 1.03 bits per heavy atom. The summed E-state index contributed by atoms with van der Waals surface area (Å²) in [6.45, 7) is 12.9. The summed E-state index contributed by atoms with van der Waals surface area (Å²) < 4.78 is 19.6. The van der Waals surface area contributed by atoms with Gasteiger partial charge in [-0.15, -0.1) is 12.4 Å². The van der Waals surface area contributed by atoms with E-state index in [9.17, 15) is 4.39 Å². The summed E-state index contributed by atoms with van der Waals surface area (Å²) >= 11 is 0. The van der Waals surface area contributed by atoms with Gasteiger partial charge in [0.2, 0.25) is 0 Å². The Balaban J connectivity index is 0.00000320. The Morgan fingerprint density at radius 3 is 2.30 bits per heavy atom. The minimum Gasteiger partial charge on any atom is -0.493 e. The second kappa shape index (κ2) is 11.2. The van der Waals surface area contributed by atoms with Gasteiger partial charge in [0.15, 0.2) is 0 Å². The van der Waals surface area contributed by atoms with Crippen LogP contribution in [0.15, 0.2) is 48.5 Å². The third-order valence-corrected chi connectivity index (χ3v) is 6.13. The predicted octanol–water partition coefficient (Wildman–Crippen LogP) is 6.83. The molecule has 1 saturated heterocycles. The van der Waals surface area contributed by atoms with Crippen molar-refractivity contribution in [3.8, 4) is 5.75 Å². The molecule has 1 aliphatic heterocycles. The van der Waals surface area contributed by atoms with Gasteiger partial charge < -0.3 is 9.64 Å². The summed E-state index contributed by atoms with van der Waals surface area (Å²) in [7, 11) is 0. The molecule has 3 rings (SSSR count). The molecule has 0 bridgehead atoms. The number of hydrogen-bond donors (Lipinski definition) is 0. The number of hydrogen-bond acceptors (Lipinski definition) is 2. The molecule has 2 atom stereocenters. The molecule has 4 heteroatoms. The van der Waals surface area contributed by atoms with E-state index in [2.05, 4.69) is 56.9 Å². The lowest BCUT2D eigenvalue weighted by molar-refractivity contribution is 0.110. The molecule has 1 fully saturated rings. The molecule has 0 saturated carbocycles. The number of rotatable bonds is 7. The van der Waals surface area contributed by atoms with Gasteiger partial charge in [0, 0.05) is 12.5 Å². The Morgan fingerprint density at radius 2 is 1.70 bits per heavy atom. The molecule has 0 N–H and O–H groups in total. The fourth-order valence-corrected chi connectivity index (χ4v) is 4.26. The van der Waals surface area contributed by atoms with Crippen LogP contribution in [0.2, 0.25) is 0 Å². The summed E-state index contributed by atoms with van der Waals surface area (Å²) in [5.74, 6) is 1.60. The number of likely N-dealkylation sites (tertiary alicyclic amines) is 1. The standard InChI is InChI=1S/C26H36FNO.ClH/c1-5-6-16-28-17-15-25(20-7-11-23(27)12-8-20)21(18-28)19-29-24-13-9-22(10-14-24)26(2,3)4;/h7-14,21,25H,5-6,15-19H2,1-4H3;1H/t21-,25-;/m0./s1. The first-order valence-electron chi connectivity index (χ1n) is 11.1. The van der Waals surface area contributed by atoms with E-state index in [0.717, 1.165) is 31.8 Å². The summed E-state index contributed by atoms with van der Waals surface area (Å²) in [5, 5.41) is 0. The average Bonchev–Trinajstić information content (AvgIpc) is 2.71. The highest BCUT2D eigenvalue weighted by Crippen LogP contribution is 2.34. The SMILES string of the molecule is CCCCN1CC[C@@H](c2ccc(F)cc2)[C@H](COc2ccc(C(C)(C)C)cc2)C1.Cl. The van der Waals surface area contributed by atoms with Crippen molar-refractivity contribution in [3.63, 3.8) is 0 Å². The van der Waals surface area contributed by atoms with E-state index in [1.54, 1.807) is 12.1 Å². The van der Waals surface area contributed by atoms with Gasteiger partial charge in [-0.1, -0.05) is 58.4 Å². The van der Waals surface area contributed by atoms with Gasteiger partial charge in [-0.2, -0.15) is 0 Å². The first-order chi connectivity index (χ1) is 13.9. The minimum absolute atomic E-state index is 0. The van der Waals surface area contributed by atoms with E-state index in [-0.39, 0.29) is 23.6 Å². The van der Waals surface area contributed by atoms with Crippen LogP contribution < -0.4 is 4.74 Å². The highest BCUT2D eigenvalue weighted by Gasteiger charge is 2.30. The molecule has 2 aromatic rings. The molecule has 0 spiro atoms. The Labute approximate surface area is 188 Å². The zero-order valence-electron chi connectivity index (χ0n) is 18.9. The maximum Gasteiger partial charge on any atom is 0.123 e. The summed E-state index contributed by atoms with van der Waals surface area (Å²) in [4.78, 5) is 2.57. The number of benzene rings is 2. The molecule has 2 aromatic carbocycles. The molecule has 0 unspecified atom stereocenters. The van der Waals surface area contributed by atoms with E-state index in [4.69, 9.17) is 4.74 Å². The van der Waals surface area contributed by atoms with Gasteiger partial charge in [0.25, 0.3) is 0 Å². The van der Waals surface area contributed by atoms with Gasteiger partial charge in [0.1, 0.15) is 11.6 Å². The molecular weight excluding hydrogens is 397 g/mol. The molecule has 0 amide bonds. The van der Waals surface area contributed by atoms with Crippen molar-refractivity contribution < 1.29 is 9.13 Å². The third kappa shape index (κ3) is 6.72. The number of halogens is 2. The molecule has 166 valence electrons. The lowest BCUT2D eigenvalue weighted by Gasteiger charge is -2.39. The Hall–Kier alpha value is -1.58. The van der Waals surface area contributed by atoms with Crippen LogP contribution in [-0.2, 0) is 5.41 Å². The number of unbranched alkanes of at least 4 members (excludes halogenated alkanes) is 1. The Kier molecular flexibility index (Phi) is 9.18. The van der Waals surface area contributed by atoms with Crippen LogP contribution in [0.1, 0.15) is 64.0 Å². The molecule has 0 radical (unpaired) electrons. The van der Waals surface area contributed by atoms with Crippen molar-refractivity contribution in [2.24, 2.45) is 5.92 Å². The molecule has 1 heterocycles. The second-order valence-electron chi connectivity index (χ2n) is 9.45. The quantitative estimate of drug-likeness (QED) is 0.474. The van der Waals surface area contributed by atoms with Crippen LogP contribution >= 0.6 is 12.4 Å². The van der Waals surface area contributed by atoms with E-state index in [1.807, 2.05) is 12.1 Å². The normalized spacial score (nSPS) is 19.9. The first-order valence-corrected chi connectivity index (χ1v) is 11.1. The van der Waals surface area contributed by atoms with Crippen molar-refractivity contribution in [2.75, 3.05) is 26.2 Å². The first kappa shape index (κ1) is 24.7. The molecule has 0 aromatic heterocycles. The smallest absolute Gasteiger partial charge is 0.123 e. The van der Waals surface area contributed by atoms with E-state index < -0.39 is 0 Å². The molecule has 2 nitrogen and oxygen atoms in total. The monoisotopic (exact) mass is 433 g/mol. The zero-order chi connectivity index (χ0) is 20.9. The lowest BCUT2D eigenvalue weighted by atomic mass is 9.80. The van der Waals surface area contributed by atoms with Crippen LogP contribution in [0.25, 0.3) is 0 Å². The van der Waals surface area contributed by atoms with Gasteiger partial charge in [-0.3, -0.25) is 0 Å². The van der Waals surface area contributed by atoms with Crippen molar-refractivity contribution in [2.45, 2.75) is 58.3 Å². The summed E-state index contributed by atoms with van der Waals surface area (Å²) in [5.41, 5.74) is 2.70. The van der Waals surface area contributed by atoms with Crippen molar-refractivity contribution >= 4 is 12.4 Å². The number of nitrogens with zero attached hydrogens (tertiary/aromatic N) is 1. The van der Waals surface area contributed by atoms with Crippen LogP contribution in [-0.4, -0.2) is 31.1 Å². The second-order valence-corrected chi connectivity index (χ2v) is 9.45. The zero-order valence-corrected chi connectivity index (χ0v) is 19.7. The van der Waals surface area contributed by atoms with Gasteiger partial charge in [0.05, 0.1) is 6.61 Å². The third-order valence-electron chi connectivity index (χ3n) is 6.13. The van der Waals surface area contributed by atoms with Crippen molar-refractivity contribution in [1.82, 2.24) is 4.90 Å². The summed E-state index contributed by atoms with van der Waals surface area (Å²) in [6.07, 6.45) is 3.56. The van der Waals surface area contributed by atoms with Crippen LogP contribution in [0.4, 0.5) is 4.39 Å².